The van der Waals surface area contributed by atoms with Gasteiger partial charge in [0, 0.05) is 49.7 Å². The van der Waals surface area contributed by atoms with Crippen LogP contribution in [0, 0.1) is 0 Å². The molecule has 0 aliphatic heterocycles. The highest BCUT2D eigenvalue weighted by Crippen LogP contribution is 2.41. The zero-order chi connectivity index (χ0) is 54.4. The molecule has 8 aromatic carbocycles. The van der Waals surface area contributed by atoms with E-state index < -0.39 is 200 Å². The topological polar surface area (TPSA) is 23.0 Å². The Morgan fingerprint density at radius 2 is 1.08 bits per heavy atom. The molecule has 0 saturated heterocycles. The number of fused-ring (bicyclic) bond motifs is 9. The van der Waals surface area contributed by atoms with Crippen molar-refractivity contribution in [1.82, 2.24) is 9.13 Å². The van der Waals surface area contributed by atoms with Gasteiger partial charge >= 0.3 is 0 Å². The predicted octanol–water partition coefficient (Wildman–Crippen LogP) is 13.1. The van der Waals surface area contributed by atoms with Crippen molar-refractivity contribution in [2.45, 2.75) is 0 Å². The lowest BCUT2D eigenvalue weighted by molar-refractivity contribution is 0.668. The summed E-state index contributed by atoms with van der Waals surface area (Å²) in [5.74, 6) is 0. The van der Waals surface area contributed by atoms with Crippen molar-refractivity contribution < 1.29 is 37.3 Å². The number of benzene rings is 8. The predicted molar refractivity (Wildman–Crippen MR) is 213 cm³/mol. The molecule has 0 radical (unpaired) electrons. The van der Waals surface area contributed by atoms with Gasteiger partial charge in [0.2, 0.25) is 0 Å². The number of rotatable bonds is 4. The molecule has 0 fully saturated rings. The molecular weight excluding hydrogens is 621 g/mol. The molecule has 3 nitrogen and oxygen atoms in total. The summed E-state index contributed by atoms with van der Waals surface area (Å²) in [6.07, 6.45) is 0. The lowest BCUT2D eigenvalue weighted by atomic mass is 9.99. The van der Waals surface area contributed by atoms with Gasteiger partial charge in [-0.25, -0.2) is 0 Å². The quantitative estimate of drug-likeness (QED) is 0.182. The summed E-state index contributed by atoms with van der Waals surface area (Å²) in [5.41, 5.74) is -5.02. The summed E-state index contributed by atoms with van der Waals surface area (Å²) in [7, 11) is 0. The summed E-state index contributed by atoms with van der Waals surface area (Å²) in [6.45, 7) is 0. The highest BCUT2D eigenvalue weighted by atomic mass is 16.3. The van der Waals surface area contributed by atoms with E-state index in [1.807, 2.05) is 0 Å². The first-order chi connectivity index (χ1) is 35.3. The molecule has 0 atom stereocenters. The van der Waals surface area contributed by atoms with E-state index in [0.29, 0.717) is 0 Å². The summed E-state index contributed by atoms with van der Waals surface area (Å²) in [5, 5.41) is -2.18. The fraction of sp³-hybridized carbons (Fsp3) is 0. The van der Waals surface area contributed by atoms with Gasteiger partial charge in [-0.1, -0.05) is 115 Å². The van der Waals surface area contributed by atoms with Crippen molar-refractivity contribution >= 4 is 65.6 Å². The fourth-order valence-electron chi connectivity index (χ4n) is 6.50. The van der Waals surface area contributed by atoms with Gasteiger partial charge in [-0.3, -0.25) is 0 Å². The molecule has 0 spiro atoms. The molecule has 3 aromatic heterocycles. The monoisotopic (exact) mass is 674 g/mol. The molecule has 0 bridgehead atoms. The van der Waals surface area contributed by atoms with Crippen molar-refractivity contribution in [3.8, 4) is 33.6 Å². The van der Waals surface area contributed by atoms with Crippen LogP contribution in [0.15, 0.2) is 186 Å². The normalized spacial score (nSPS) is 18.5. The smallest absolute Gasteiger partial charge is 0.137 e. The van der Waals surface area contributed by atoms with E-state index >= 15 is 0 Å². The minimum atomic E-state index is -0.907. The Morgan fingerprint density at radius 3 is 1.94 bits per heavy atom. The summed E-state index contributed by atoms with van der Waals surface area (Å²) in [4.78, 5) is 0. The van der Waals surface area contributed by atoms with Gasteiger partial charge in [0.25, 0.3) is 0 Å². The first kappa shape index (κ1) is 13.5. The third-order valence-electron chi connectivity index (χ3n) is 8.68. The summed E-state index contributed by atoms with van der Waals surface area (Å²) < 4.78 is 225. The third-order valence-corrected chi connectivity index (χ3v) is 8.68. The molecule has 0 aliphatic rings. The standard InChI is InChI=1S/C48H30N2O/c1-3-12-31(13-4-1)36-18-11-21-46-48(36)40-26-24-35(30-47(40)51-46)50-43-20-10-8-17-38(43)41-28-32(23-27-44(41)50)33-22-25-39-37-16-7-9-19-42(37)49(45(39)29-33)34-14-5-2-6-15-34/h1-30H/i1D,3D,4D,7D,8D,9D,10D,11D,12D,16D,17D,18D,19D,20D,21D,22D,23D,24D,25D,26D,27D,28D,29D,30D. The molecule has 0 aliphatic carbocycles. The van der Waals surface area contributed by atoms with E-state index in [1.54, 1.807) is 30.3 Å². The van der Waals surface area contributed by atoms with Crippen LogP contribution < -0.4 is 0 Å². The second-order valence-corrected chi connectivity index (χ2v) is 11.5. The van der Waals surface area contributed by atoms with Gasteiger partial charge in [-0.15, -0.1) is 0 Å². The van der Waals surface area contributed by atoms with E-state index in [9.17, 15) is 15.1 Å². The number of hydrogen-bond donors (Lipinski definition) is 0. The maximum absolute atomic E-state index is 9.90. The van der Waals surface area contributed by atoms with Crippen LogP contribution in [0.4, 0.5) is 0 Å². The lowest BCUT2D eigenvalue weighted by Gasteiger charge is -2.10. The molecule has 51 heavy (non-hydrogen) atoms. The Balaban J connectivity index is 1.31. The second-order valence-electron chi connectivity index (χ2n) is 11.5. The Labute approximate surface area is 327 Å². The number of para-hydroxylation sites is 3. The highest BCUT2D eigenvalue weighted by molar-refractivity contribution is 6.14. The maximum atomic E-state index is 9.90. The average molecular weight is 675 g/mol. The minimum absolute atomic E-state index is 0.149. The zero-order valence-electron chi connectivity index (χ0n) is 49.8. The summed E-state index contributed by atoms with van der Waals surface area (Å²) >= 11 is 0. The van der Waals surface area contributed by atoms with Gasteiger partial charge in [-0.2, -0.15) is 0 Å². The molecule has 0 unspecified atom stereocenters. The molecule has 0 N–H and O–H groups in total. The van der Waals surface area contributed by atoms with Crippen LogP contribution in [0.25, 0.3) is 99.2 Å². The Kier molecular flexibility index (Phi) is 2.86. The van der Waals surface area contributed by atoms with Gasteiger partial charge in [0.1, 0.15) is 11.2 Å². The highest BCUT2D eigenvalue weighted by Gasteiger charge is 2.18. The fourth-order valence-corrected chi connectivity index (χ4v) is 6.50. The van der Waals surface area contributed by atoms with Crippen molar-refractivity contribution in [3.63, 3.8) is 0 Å². The molecule has 0 saturated carbocycles. The van der Waals surface area contributed by atoms with Crippen molar-refractivity contribution in [3.05, 3.63) is 181 Å². The van der Waals surface area contributed by atoms with E-state index in [-0.39, 0.29) is 44.0 Å². The zero-order valence-corrected chi connectivity index (χ0v) is 25.8. The van der Waals surface area contributed by atoms with Crippen LogP contribution >= 0.6 is 0 Å². The van der Waals surface area contributed by atoms with Crippen LogP contribution in [-0.2, 0) is 0 Å². The summed E-state index contributed by atoms with van der Waals surface area (Å²) in [6, 6.07) is -8.70. The van der Waals surface area contributed by atoms with Crippen LogP contribution in [0.2, 0.25) is 0 Å². The van der Waals surface area contributed by atoms with Gasteiger partial charge in [-0.05, 0) is 82.7 Å². The lowest BCUT2D eigenvalue weighted by Crippen LogP contribution is -1.94. The van der Waals surface area contributed by atoms with Crippen molar-refractivity contribution in [1.29, 1.82) is 0 Å². The Morgan fingerprint density at radius 1 is 0.392 bits per heavy atom. The van der Waals surface area contributed by atoms with Crippen molar-refractivity contribution in [2.24, 2.45) is 0 Å². The Bertz CT molecular complexity index is 4520. The number of nitrogens with zero attached hydrogens (tertiary/aromatic N) is 2. The molecule has 11 rings (SSSR count). The molecule has 3 heterocycles. The molecular formula is C48H30N2O. The second kappa shape index (κ2) is 10.8. The maximum Gasteiger partial charge on any atom is 0.137 e. The number of furan rings is 1. The van der Waals surface area contributed by atoms with E-state index in [1.165, 1.54) is 4.57 Å². The number of hydrogen-bond acceptors (Lipinski definition) is 1. The average Bonchev–Trinajstić information content (AvgIpc) is 4.09. The van der Waals surface area contributed by atoms with Gasteiger partial charge in [0.05, 0.1) is 55.0 Å². The van der Waals surface area contributed by atoms with E-state index in [2.05, 4.69) is 0 Å². The van der Waals surface area contributed by atoms with E-state index in [0.717, 1.165) is 10.6 Å². The van der Waals surface area contributed by atoms with Crippen LogP contribution in [0.1, 0.15) is 32.9 Å². The SMILES string of the molecule is [2H]c1cc(-c2c([2H])c([2H])c([2H])c3oc4c([2H])c(-n5c6c([2H])c([2H])c([2H])c([2H])c6c6c([2H])c(-c7c([2H])c([2H])c8c9c([2H])c([2H])c([2H])c([2H])c9n(-c9ccccc9)c8c7[2H])c([2H])c([2H])c65)c([2H])c([2H])c4c23)c([2H])c([2H])c1[2H]. The van der Waals surface area contributed by atoms with Crippen LogP contribution in [0.3, 0.4) is 0 Å². The number of aromatic nitrogens is 2. The molecule has 11 aromatic rings. The van der Waals surface area contributed by atoms with Gasteiger partial charge in [0.15, 0.2) is 0 Å². The molecule has 0 amide bonds. The molecule has 3 heteroatoms. The largest absolute Gasteiger partial charge is 0.456 e. The Hall–Kier alpha value is -6.84. The third kappa shape index (κ3) is 4.19. The van der Waals surface area contributed by atoms with Crippen LogP contribution in [0.5, 0.6) is 0 Å². The van der Waals surface area contributed by atoms with Crippen molar-refractivity contribution in [2.75, 3.05) is 0 Å². The van der Waals surface area contributed by atoms with Crippen LogP contribution in [-0.4, -0.2) is 9.13 Å². The first-order valence-electron chi connectivity index (χ1n) is 27.5. The minimum Gasteiger partial charge on any atom is -0.456 e. The molecule has 238 valence electrons. The van der Waals surface area contributed by atoms with E-state index in [4.69, 9.17) is 22.2 Å². The van der Waals surface area contributed by atoms with Gasteiger partial charge < -0.3 is 13.6 Å². The first-order valence-corrected chi connectivity index (χ1v) is 15.5.